The maximum atomic E-state index is 5.98. The van der Waals surface area contributed by atoms with Gasteiger partial charge >= 0.3 is 0 Å². The lowest BCUT2D eigenvalue weighted by Gasteiger charge is -2.24. The summed E-state index contributed by atoms with van der Waals surface area (Å²) in [4.78, 5) is 14.0. The van der Waals surface area contributed by atoms with Crippen LogP contribution in [0.3, 0.4) is 0 Å². The van der Waals surface area contributed by atoms with E-state index < -0.39 is 0 Å². The quantitative estimate of drug-likeness (QED) is 0.916. The monoisotopic (exact) mass is 288 g/mol. The van der Waals surface area contributed by atoms with Crippen molar-refractivity contribution >= 4 is 17.7 Å². The number of hydrogen-bond acceptors (Lipinski definition) is 6. The van der Waals surface area contributed by atoms with Gasteiger partial charge < -0.3 is 10.5 Å². The summed E-state index contributed by atoms with van der Waals surface area (Å²) in [6.45, 7) is 4.06. The van der Waals surface area contributed by atoms with Crippen molar-refractivity contribution in [2.45, 2.75) is 30.8 Å². The highest BCUT2D eigenvalue weighted by Gasteiger charge is 2.25. The molecule has 2 heterocycles. The molecule has 0 bridgehead atoms. The summed E-state index contributed by atoms with van der Waals surface area (Å²) in [5.41, 5.74) is 5.77. The summed E-state index contributed by atoms with van der Waals surface area (Å²) in [7, 11) is 0. The number of nitrogens with two attached hydrogens (primary N) is 1. The molecular formula is C14H16N4OS. The number of nitrogen functional groups attached to an aromatic ring is 1. The highest BCUT2D eigenvalue weighted by Crippen LogP contribution is 2.39. The number of nitrogens with zero attached hydrogens (tertiary/aromatic N) is 3. The topological polar surface area (TPSA) is 73.9 Å². The summed E-state index contributed by atoms with van der Waals surface area (Å²) in [5.74, 6) is 3.44. The second-order valence-corrected chi connectivity index (χ2v) is 5.99. The van der Waals surface area contributed by atoms with Crippen LogP contribution in [0.4, 0.5) is 5.95 Å². The van der Waals surface area contributed by atoms with Gasteiger partial charge in [-0.25, -0.2) is 4.98 Å². The normalized spacial score (nSPS) is 17.6. The zero-order chi connectivity index (χ0) is 14.1. The van der Waals surface area contributed by atoms with Crippen LogP contribution in [-0.4, -0.2) is 20.7 Å². The first-order valence-electron chi connectivity index (χ1n) is 6.53. The van der Waals surface area contributed by atoms with Gasteiger partial charge in [0.25, 0.3) is 0 Å². The van der Waals surface area contributed by atoms with Gasteiger partial charge in [-0.15, -0.1) is 11.8 Å². The van der Waals surface area contributed by atoms with Crippen LogP contribution in [0.5, 0.6) is 5.75 Å². The van der Waals surface area contributed by atoms with E-state index in [4.69, 9.17) is 10.5 Å². The number of anilines is 1. The van der Waals surface area contributed by atoms with E-state index in [1.54, 1.807) is 11.8 Å². The van der Waals surface area contributed by atoms with Crippen LogP contribution in [0.15, 0.2) is 29.2 Å². The number of hydrogen-bond donors (Lipinski definition) is 1. The van der Waals surface area contributed by atoms with Gasteiger partial charge in [0.2, 0.25) is 5.95 Å². The smallest absolute Gasteiger partial charge is 0.223 e. The molecular weight excluding hydrogens is 272 g/mol. The molecule has 20 heavy (non-hydrogen) atoms. The van der Waals surface area contributed by atoms with Gasteiger partial charge in [0.15, 0.2) is 11.9 Å². The molecule has 1 unspecified atom stereocenters. The van der Waals surface area contributed by atoms with Crippen molar-refractivity contribution in [3.8, 4) is 5.75 Å². The Balaban J connectivity index is 1.91. The van der Waals surface area contributed by atoms with Crippen molar-refractivity contribution in [3.05, 3.63) is 35.9 Å². The summed E-state index contributed by atoms with van der Waals surface area (Å²) in [6, 6.07) is 7.98. The van der Waals surface area contributed by atoms with E-state index in [1.807, 2.05) is 32.0 Å². The number of rotatable bonds is 2. The molecule has 104 valence electrons. The minimum atomic E-state index is -0.183. The molecule has 0 saturated heterocycles. The Bertz CT molecular complexity index is 632. The summed E-state index contributed by atoms with van der Waals surface area (Å²) in [5, 5.41) is 0. The molecule has 1 atom stereocenters. The maximum absolute atomic E-state index is 5.98. The Hall–Kier alpha value is -1.82. The minimum absolute atomic E-state index is 0.183. The van der Waals surface area contributed by atoms with E-state index in [9.17, 15) is 0 Å². The second-order valence-electron chi connectivity index (χ2n) is 4.93. The summed E-state index contributed by atoms with van der Waals surface area (Å²) in [6.07, 6.45) is -0.183. The molecule has 0 aliphatic carbocycles. The number of aromatic nitrogens is 3. The van der Waals surface area contributed by atoms with E-state index in [0.717, 1.165) is 16.4 Å². The summed E-state index contributed by atoms with van der Waals surface area (Å²) < 4.78 is 5.98. The number of thioether (sulfide) groups is 1. The van der Waals surface area contributed by atoms with E-state index in [2.05, 4.69) is 21.0 Å². The summed E-state index contributed by atoms with van der Waals surface area (Å²) >= 11 is 1.75. The zero-order valence-corrected chi connectivity index (χ0v) is 12.2. The third-order valence-corrected chi connectivity index (χ3v) is 4.12. The molecule has 6 heteroatoms. The molecule has 1 aromatic heterocycles. The fourth-order valence-electron chi connectivity index (χ4n) is 1.98. The van der Waals surface area contributed by atoms with Crippen LogP contribution in [0.2, 0.25) is 0 Å². The highest BCUT2D eigenvalue weighted by molar-refractivity contribution is 7.99. The fourth-order valence-corrected chi connectivity index (χ4v) is 2.96. The molecule has 2 N–H and O–H groups in total. The van der Waals surface area contributed by atoms with Crippen molar-refractivity contribution in [3.63, 3.8) is 0 Å². The zero-order valence-electron chi connectivity index (χ0n) is 11.4. The molecule has 0 saturated carbocycles. The molecule has 1 aliphatic heterocycles. The largest absolute Gasteiger partial charge is 0.480 e. The third-order valence-electron chi connectivity index (χ3n) is 3.00. The van der Waals surface area contributed by atoms with Crippen LogP contribution < -0.4 is 10.5 Å². The van der Waals surface area contributed by atoms with Crippen LogP contribution >= 0.6 is 11.8 Å². The van der Waals surface area contributed by atoms with Gasteiger partial charge in [-0.1, -0.05) is 26.0 Å². The minimum Gasteiger partial charge on any atom is -0.480 e. The second kappa shape index (κ2) is 5.28. The van der Waals surface area contributed by atoms with Gasteiger partial charge in [0.1, 0.15) is 11.6 Å². The average Bonchev–Trinajstić information content (AvgIpc) is 2.46. The molecule has 0 spiro atoms. The first-order chi connectivity index (χ1) is 9.63. The van der Waals surface area contributed by atoms with Crippen LogP contribution in [0, 0.1) is 0 Å². The van der Waals surface area contributed by atoms with Crippen LogP contribution in [0.25, 0.3) is 0 Å². The number of fused-ring (bicyclic) bond motifs is 1. The van der Waals surface area contributed by atoms with Crippen molar-refractivity contribution in [1.29, 1.82) is 0 Å². The molecule has 0 amide bonds. The van der Waals surface area contributed by atoms with Crippen LogP contribution in [0.1, 0.15) is 37.5 Å². The Kier molecular flexibility index (Phi) is 3.48. The molecule has 2 aromatic rings. The van der Waals surface area contributed by atoms with E-state index in [1.165, 1.54) is 0 Å². The maximum Gasteiger partial charge on any atom is 0.223 e. The highest BCUT2D eigenvalue weighted by atomic mass is 32.2. The molecule has 0 fully saturated rings. The Morgan fingerprint density at radius 3 is 2.85 bits per heavy atom. The Labute approximate surface area is 122 Å². The van der Waals surface area contributed by atoms with Crippen LogP contribution in [-0.2, 0) is 0 Å². The molecule has 5 nitrogen and oxygen atoms in total. The predicted molar refractivity (Wildman–Crippen MR) is 78.9 cm³/mol. The Morgan fingerprint density at radius 1 is 1.25 bits per heavy atom. The lowest BCUT2D eigenvalue weighted by Crippen LogP contribution is -2.20. The fraction of sp³-hybridized carbons (Fsp3) is 0.357. The molecule has 0 radical (unpaired) electrons. The van der Waals surface area contributed by atoms with Gasteiger partial charge in [0, 0.05) is 16.6 Å². The standard InChI is InChI=1S/C14H16N4OS/c1-8(2)12-16-13(18-14(15)17-12)10-7-20-11-6-4-3-5-9(11)19-10/h3-6,8,10H,7H2,1-2H3,(H2,15,16,17,18). The predicted octanol–water partition coefficient (Wildman–Crippen LogP) is 2.80. The number of para-hydroxylation sites is 1. The van der Waals surface area contributed by atoms with E-state index >= 15 is 0 Å². The first kappa shape index (κ1) is 13.2. The number of ether oxygens (including phenoxy) is 1. The lowest BCUT2D eigenvalue weighted by molar-refractivity contribution is 0.209. The number of benzene rings is 1. The molecule has 3 rings (SSSR count). The van der Waals surface area contributed by atoms with Gasteiger partial charge in [-0.3, -0.25) is 0 Å². The average molecular weight is 288 g/mol. The first-order valence-corrected chi connectivity index (χ1v) is 7.52. The van der Waals surface area contributed by atoms with Crippen molar-refractivity contribution in [2.75, 3.05) is 11.5 Å². The SMILES string of the molecule is CC(C)c1nc(N)nc(C2CSc3ccccc3O2)n1. The lowest BCUT2D eigenvalue weighted by atomic mass is 10.2. The Morgan fingerprint density at radius 2 is 2.05 bits per heavy atom. The van der Waals surface area contributed by atoms with Gasteiger partial charge in [0.05, 0.1) is 0 Å². The van der Waals surface area contributed by atoms with E-state index in [0.29, 0.717) is 11.6 Å². The van der Waals surface area contributed by atoms with Gasteiger partial charge in [-0.05, 0) is 12.1 Å². The molecule has 1 aromatic carbocycles. The van der Waals surface area contributed by atoms with E-state index in [-0.39, 0.29) is 18.0 Å². The third kappa shape index (κ3) is 2.56. The molecule has 1 aliphatic rings. The van der Waals surface area contributed by atoms with Crippen molar-refractivity contribution in [1.82, 2.24) is 15.0 Å². The van der Waals surface area contributed by atoms with Gasteiger partial charge in [-0.2, -0.15) is 9.97 Å². The van der Waals surface area contributed by atoms with Crippen molar-refractivity contribution in [2.24, 2.45) is 0 Å². The van der Waals surface area contributed by atoms with Crippen molar-refractivity contribution < 1.29 is 4.74 Å².